The average molecular weight is 466 g/mol. The molecule has 3 heterocycles. The van der Waals surface area contributed by atoms with E-state index in [1.165, 1.54) is 16.2 Å². The third-order valence-corrected chi connectivity index (χ3v) is 6.36. The fourth-order valence-corrected chi connectivity index (χ4v) is 4.58. The number of aryl methyl sites for hydroxylation is 2. The molecule has 0 radical (unpaired) electrons. The minimum atomic E-state index is -0.807. The summed E-state index contributed by atoms with van der Waals surface area (Å²) < 4.78 is 11.6. The zero-order valence-corrected chi connectivity index (χ0v) is 19.9. The van der Waals surface area contributed by atoms with Gasteiger partial charge < -0.3 is 19.2 Å². The molecule has 1 saturated heterocycles. The summed E-state index contributed by atoms with van der Waals surface area (Å²) in [5.74, 6) is 0.607. The minimum Gasteiger partial charge on any atom is -0.507 e. The van der Waals surface area contributed by atoms with Crippen LogP contribution in [0.2, 0.25) is 0 Å². The summed E-state index contributed by atoms with van der Waals surface area (Å²) >= 11 is 1.50. The van der Waals surface area contributed by atoms with Crippen molar-refractivity contribution in [1.82, 2.24) is 4.90 Å². The molecular formula is C26H27NO5S. The Morgan fingerprint density at radius 3 is 2.58 bits per heavy atom. The lowest BCUT2D eigenvalue weighted by molar-refractivity contribution is -0.140. The Hall–Kier alpha value is -3.32. The lowest BCUT2D eigenvalue weighted by Gasteiger charge is -2.22. The van der Waals surface area contributed by atoms with E-state index in [0.717, 1.165) is 16.2 Å². The molecule has 2 aromatic heterocycles. The number of hydrogen-bond donors (Lipinski definition) is 1. The molecule has 1 aliphatic rings. The van der Waals surface area contributed by atoms with Gasteiger partial charge in [-0.25, -0.2) is 0 Å². The molecule has 1 amide bonds. The minimum absolute atomic E-state index is 0.0288. The topological polar surface area (TPSA) is 80.0 Å². The number of hydrogen-bond acceptors (Lipinski definition) is 6. The first kappa shape index (κ1) is 22.9. The first-order chi connectivity index (χ1) is 15.8. The largest absolute Gasteiger partial charge is 0.507 e. The summed E-state index contributed by atoms with van der Waals surface area (Å²) in [6.45, 7) is 8.66. The van der Waals surface area contributed by atoms with Crippen LogP contribution in [0.1, 0.15) is 47.4 Å². The maximum absolute atomic E-state index is 13.1. The van der Waals surface area contributed by atoms with Crippen molar-refractivity contribution < 1.29 is 23.8 Å². The molecule has 0 aliphatic carbocycles. The van der Waals surface area contributed by atoms with Gasteiger partial charge in [-0.3, -0.25) is 9.59 Å². The second kappa shape index (κ2) is 9.27. The summed E-state index contributed by atoms with van der Waals surface area (Å²) in [4.78, 5) is 28.5. The molecule has 33 heavy (non-hydrogen) atoms. The molecule has 1 aromatic carbocycles. The Morgan fingerprint density at radius 2 is 1.97 bits per heavy atom. The number of aliphatic hydroxyl groups excluding tert-OH is 1. The van der Waals surface area contributed by atoms with Crippen molar-refractivity contribution in [3.8, 4) is 5.75 Å². The highest BCUT2D eigenvalue weighted by Crippen LogP contribution is 2.41. The number of nitrogens with zero attached hydrogens (tertiary/aromatic N) is 1. The number of furan rings is 1. The summed E-state index contributed by atoms with van der Waals surface area (Å²) in [5.41, 5.74) is 1.31. The zero-order chi connectivity index (χ0) is 23.7. The van der Waals surface area contributed by atoms with E-state index in [1.54, 1.807) is 37.3 Å². The Kier molecular flexibility index (Phi) is 6.42. The van der Waals surface area contributed by atoms with E-state index in [1.807, 2.05) is 24.4 Å². The van der Waals surface area contributed by atoms with Crippen LogP contribution >= 0.6 is 11.3 Å². The highest BCUT2D eigenvalue weighted by atomic mass is 32.1. The van der Waals surface area contributed by atoms with E-state index in [4.69, 9.17) is 9.15 Å². The van der Waals surface area contributed by atoms with Gasteiger partial charge in [0.2, 0.25) is 0 Å². The number of aliphatic hydroxyl groups is 1. The van der Waals surface area contributed by atoms with Gasteiger partial charge in [-0.1, -0.05) is 19.9 Å². The van der Waals surface area contributed by atoms with Crippen LogP contribution in [0.4, 0.5) is 0 Å². The molecule has 1 fully saturated rings. The van der Waals surface area contributed by atoms with E-state index >= 15 is 0 Å². The van der Waals surface area contributed by atoms with Crippen LogP contribution in [0.25, 0.3) is 5.76 Å². The van der Waals surface area contributed by atoms with Crippen LogP contribution in [-0.2, 0) is 16.1 Å². The van der Waals surface area contributed by atoms with Gasteiger partial charge in [-0.05, 0) is 67.1 Å². The predicted octanol–water partition coefficient (Wildman–Crippen LogP) is 5.61. The number of likely N-dealkylation sites (tertiary alicyclic amines) is 1. The van der Waals surface area contributed by atoms with Gasteiger partial charge >= 0.3 is 0 Å². The van der Waals surface area contributed by atoms with E-state index in [-0.39, 0.29) is 17.9 Å². The van der Waals surface area contributed by atoms with E-state index in [2.05, 4.69) is 13.8 Å². The number of thiophene rings is 1. The van der Waals surface area contributed by atoms with E-state index in [0.29, 0.717) is 29.6 Å². The maximum Gasteiger partial charge on any atom is 0.296 e. The lowest BCUT2D eigenvalue weighted by atomic mass is 9.98. The summed E-state index contributed by atoms with van der Waals surface area (Å²) in [7, 11) is 0. The van der Waals surface area contributed by atoms with Crippen LogP contribution in [0.3, 0.4) is 0 Å². The molecule has 3 aromatic rings. The second-order valence-electron chi connectivity index (χ2n) is 8.64. The fraction of sp³-hybridized carbons (Fsp3) is 0.308. The van der Waals surface area contributed by atoms with Gasteiger partial charge in [-0.15, -0.1) is 11.3 Å². The summed E-state index contributed by atoms with van der Waals surface area (Å²) in [6, 6.07) is 11.8. The van der Waals surface area contributed by atoms with Crippen molar-refractivity contribution in [3.63, 3.8) is 0 Å². The first-order valence-electron chi connectivity index (χ1n) is 10.9. The molecule has 0 spiro atoms. The Bertz CT molecular complexity index is 1210. The van der Waals surface area contributed by atoms with E-state index in [9.17, 15) is 14.7 Å². The molecule has 0 saturated carbocycles. The Morgan fingerprint density at radius 1 is 1.18 bits per heavy atom. The number of carbonyl (C=O) groups excluding carboxylic acids is 2. The number of amides is 1. The molecule has 1 aliphatic heterocycles. The van der Waals surface area contributed by atoms with Gasteiger partial charge in [0.25, 0.3) is 11.7 Å². The second-order valence-corrected chi connectivity index (χ2v) is 9.67. The predicted molar refractivity (Wildman–Crippen MR) is 127 cm³/mol. The van der Waals surface area contributed by atoms with Gasteiger partial charge in [0.15, 0.2) is 0 Å². The molecule has 0 bridgehead atoms. The summed E-state index contributed by atoms with van der Waals surface area (Å²) in [6.07, 6.45) is 0. The maximum atomic E-state index is 13.1. The van der Waals surface area contributed by atoms with Gasteiger partial charge in [0, 0.05) is 10.4 Å². The number of carbonyl (C=O) groups is 2. The highest BCUT2D eigenvalue weighted by molar-refractivity contribution is 7.09. The first-order valence-corrected chi connectivity index (χ1v) is 11.7. The molecule has 6 nitrogen and oxygen atoms in total. The number of Topliss-reactive ketones (excluding diaryl/α,β-unsaturated/α-hetero) is 1. The van der Waals surface area contributed by atoms with Gasteiger partial charge in [-0.2, -0.15) is 0 Å². The highest BCUT2D eigenvalue weighted by Gasteiger charge is 2.47. The van der Waals surface area contributed by atoms with Crippen LogP contribution in [0.15, 0.2) is 57.8 Å². The average Bonchev–Trinajstić information content (AvgIpc) is 3.49. The third-order valence-electron chi connectivity index (χ3n) is 5.50. The molecule has 1 atom stereocenters. The van der Waals surface area contributed by atoms with Crippen molar-refractivity contribution in [2.45, 2.75) is 40.3 Å². The molecule has 4 rings (SSSR count). The summed E-state index contributed by atoms with van der Waals surface area (Å²) in [5, 5.41) is 13.1. The fourth-order valence-electron chi connectivity index (χ4n) is 3.88. The SMILES string of the molecule is Cc1ccc(C2/C(=C(/O)c3ccc(OCC(C)C)c(C)c3)C(=O)C(=O)N2Cc2cccs2)o1. The quantitative estimate of drug-likeness (QED) is 0.278. The Balaban J connectivity index is 1.77. The zero-order valence-electron chi connectivity index (χ0n) is 19.1. The number of rotatable bonds is 7. The van der Waals surface area contributed by atoms with Gasteiger partial charge in [0.05, 0.1) is 18.7 Å². The van der Waals surface area contributed by atoms with Crippen molar-refractivity contribution >= 4 is 28.8 Å². The van der Waals surface area contributed by atoms with Crippen molar-refractivity contribution in [3.05, 3.63) is 80.9 Å². The normalized spacial score (nSPS) is 17.8. The van der Waals surface area contributed by atoms with Crippen LogP contribution in [0.5, 0.6) is 5.75 Å². The van der Waals surface area contributed by atoms with Crippen LogP contribution in [0, 0.1) is 19.8 Å². The molecule has 1 N–H and O–H groups in total. The van der Waals surface area contributed by atoms with Crippen LogP contribution < -0.4 is 4.74 Å². The monoisotopic (exact) mass is 465 g/mol. The molecule has 7 heteroatoms. The number of ether oxygens (including phenoxy) is 1. The Labute approximate surface area is 197 Å². The van der Waals surface area contributed by atoms with Crippen molar-refractivity contribution in [2.75, 3.05) is 6.61 Å². The lowest BCUT2D eigenvalue weighted by Crippen LogP contribution is -2.28. The van der Waals surface area contributed by atoms with Crippen molar-refractivity contribution in [2.24, 2.45) is 5.92 Å². The smallest absolute Gasteiger partial charge is 0.296 e. The van der Waals surface area contributed by atoms with Gasteiger partial charge in [0.1, 0.15) is 29.1 Å². The number of ketones is 1. The van der Waals surface area contributed by atoms with Crippen molar-refractivity contribution in [1.29, 1.82) is 0 Å². The van der Waals surface area contributed by atoms with Crippen LogP contribution in [-0.4, -0.2) is 28.3 Å². The molecular weight excluding hydrogens is 438 g/mol. The van der Waals surface area contributed by atoms with E-state index < -0.39 is 17.7 Å². The molecule has 172 valence electrons. The molecule has 1 unspecified atom stereocenters. The number of benzene rings is 1. The standard InChI is InChI=1S/C26H27NO5S/c1-15(2)14-31-20-10-8-18(12-16(20)3)24(28)22-23(21-9-7-17(4)32-21)27(26(30)25(22)29)13-19-6-5-11-33-19/h5-12,15,23,28H,13-14H2,1-4H3/b24-22-. The third kappa shape index (κ3) is 4.59.